The number of aromatic amines is 1. The summed E-state index contributed by atoms with van der Waals surface area (Å²) in [6, 6.07) is 1.08. The van der Waals surface area contributed by atoms with Crippen molar-refractivity contribution >= 4 is 17.6 Å². The van der Waals surface area contributed by atoms with E-state index in [4.69, 9.17) is 0 Å². The van der Waals surface area contributed by atoms with Crippen LogP contribution in [0.1, 0.15) is 10.5 Å². The molecule has 86 valence electrons. The van der Waals surface area contributed by atoms with Crippen LogP contribution < -0.4 is 5.32 Å². The van der Waals surface area contributed by atoms with Gasteiger partial charge < -0.3 is 15.0 Å². The van der Waals surface area contributed by atoms with E-state index in [2.05, 4.69) is 15.0 Å². The molecule has 1 rings (SSSR count). The van der Waals surface area contributed by atoms with Crippen LogP contribution in [0.15, 0.2) is 12.3 Å². The Hall–Kier alpha value is -2.38. The fourth-order valence-corrected chi connectivity index (χ4v) is 0.939. The first kappa shape index (κ1) is 11.7. The number of nitro groups is 1. The fourth-order valence-electron chi connectivity index (χ4n) is 0.939. The molecule has 0 aliphatic carbocycles. The molecule has 1 aromatic heterocycles. The minimum absolute atomic E-state index is 0.00982. The third-order valence-electron chi connectivity index (χ3n) is 1.74. The molecule has 0 aliphatic heterocycles. The quantitative estimate of drug-likeness (QED) is 0.421. The average Bonchev–Trinajstić information content (AvgIpc) is 2.74. The minimum atomic E-state index is -0.631. The van der Waals surface area contributed by atoms with Gasteiger partial charge in [-0.25, -0.2) is 0 Å². The normalized spacial score (nSPS) is 9.56. The van der Waals surface area contributed by atoms with Gasteiger partial charge in [-0.1, -0.05) is 0 Å². The number of amides is 1. The topological polar surface area (TPSA) is 114 Å². The molecule has 0 bridgehead atoms. The maximum Gasteiger partial charge on any atom is 0.325 e. The van der Waals surface area contributed by atoms with Crippen molar-refractivity contribution in [2.24, 2.45) is 0 Å². The van der Waals surface area contributed by atoms with Crippen molar-refractivity contribution in [2.75, 3.05) is 13.7 Å². The molecule has 0 aliphatic rings. The molecule has 0 unspecified atom stereocenters. The lowest BCUT2D eigenvalue weighted by atomic mass is 10.4. The van der Waals surface area contributed by atoms with E-state index in [-0.39, 0.29) is 17.9 Å². The second-order valence-electron chi connectivity index (χ2n) is 2.79. The van der Waals surface area contributed by atoms with Crippen LogP contribution in [-0.4, -0.2) is 35.4 Å². The first-order valence-electron chi connectivity index (χ1n) is 4.22. The molecule has 0 saturated carbocycles. The van der Waals surface area contributed by atoms with Gasteiger partial charge in [-0.3, -0.25) is 19.7 Å². The van der Waals surface area contributed by atoms with E-state index in [1.807, 2.05) is 0 Å². The first-order chi connectivity index (χ1) is 7.54. The van der Waals surface area contributed by atoms with Gasteiger partial charge in [-0.05, 0) is 0 Å². The summed E-state index contributed by atoms with van der Waals surface area (Å²) in [4.78, 5) is 34.2. The molecule has 0 aromatic carbocycles. The molecular weight excluding hydrogens is 218 g/mol. The van der Waals surface area contributed by atoms with Gasteiger partial charge in [0.15, 0.2) is 0 Å². The summed E-state index contributed by atoms with van der Waals surface area (Å²) in [5.74, 6) is -1.21. The Balaban J connectivity index is 2.59. The number of rotatable bonds is 4. The molecule has 0 radical (unpaired) electrons. The largest absolute Gasteiger partial charge is 0.468 e. The summed E-state index contributed by atoms with van der Waals surface area (Å²) in [6.07, 6.45) is 1.09. The Morgan fingerprint density at radius 1 is 1.62 bits per heavy atom. The van der Waals surface area contributed by atoms with Crippen LogP contribution in [0.2, 0.25) is 0 Å². The maximum absolute atomic E-state index is 11.3. The van der Waals surface area contributed by atoms with E-state index in [0.29, 0.717) is 0 Å². The van der Waals surface area contributed by atoms with Crippen LogP contribution in [-0.2, 0) is 9.53 Å². The number of hydrogen-bond acceptors (Lipinski definition) is 5. The van der Waals surface area contributed by atoms with Gasteiger partial charge in [0.05, 0.1) is 18.2 Å². The zero-order valence-electron chi connectivity index (χ0n) is 8.35. The maximum atomic E-state index is 11.3. The van der Waals surface area contributed by atoms with E-state index in [0.717, 1.165) is 12.3 Å². The molecule has 1 heterocycles. The number of H-pyrrole nitrogens is 1. The third kappa shape index (κ3) is 2.80. The summed E-state index contributed by atoms with van der Waals surface area (Å²) < 4.78 is 4.31. The van der Waals surface area contributed by atoms with E-state index in [9.17, 15) is 19.7 Å². The Morgan fingerprint density at radius 2 is 2.31 bits per heavy atom. The molecule has 1 aromatic rings. The highest BCUT2D eigenvalue weighted by Gasteiger charge is 2.14. The zero-order valence-corrected chi connectivity index (χ0v) is 8.35. The van der Waals surface area contributed by atoms with Crippen molar-refractivity contribution in [2.45, 2.75) is 0 Å². The molecule has 2 N–H and O–H groups in total. The molecule has 0 saturated heterocycles. The lowest BCUT2D eigenvalue weighted by molar-refractivity contribution is -0.384. The van der Waals surface area contributed by atoms with Gasteiger partial charge in [0.25, 0.3) is 11.6 Å². The van der Waals surface area contributed by atoms with Crippen LogP contribution in [0, 0.1) is 10.1 Å². The van der Waals surface area contributed by atoms with Crippen LogP contribution in [0.3, 0.4) is 0 Å². The molecule has 0 spiro atoms. The number of esters is 1. The number of ether oxygens (including phenoxy) is 1. The number of hydrogen-bond donors (Lipinski definition) is 2. The van der Waals surface area contributed by atoms with Crippen LogP contribution >= 0.6 is 0 Å². The second kappa shape index (κ2) is 4.91. The van der Waals surface area contributed by atoms with Gasteiger partial charge in [-0.15, -0.1) is 0 Å². The van der Waals surface area contributed by atoms with Gasteiger partial charge >= 0.3 is 5.97 Å². The molecular formula is C8H9N3O5. The van der Waals surface area contributed by atoms with Gasteiger partial charge in [0.1, 0.15) is 12.2 Å². The van der Waals surface area contributed by atoms with Crippen molar-refractivity contribution in [3.63, 3.8) is 0 Å². The van der Waals surface area contributed by atoms with Crippen LogP contribution in [0.5, 0.6) is 0 Å². The molecule has 8 heteroatoms. The first-order valence-corrected chi connectivity index (χ1v) is 4.22. The Labute approximate surface area is 89.7 Å². The Morgan fingerprint density at radius 3 is 2.81 bits per heavy atom. The average molecular weight is 227 g/mol. The zero-order chi connectivity index (χ0) is 12.1. The standard InChI is InChI=1S/C8H9N3O5/c1-16-7(12)4-10-8(13)6-2-5(3-9-6)11(14)15/h2-3,9H,4H2,1H3,(H,10,13). The van der Waals surface area contributed by atoms with Gasteiger partial charge in [0.2, 0.25) is 0 Å². The number of carbonyl (C=O) groups is 2. The lowest BCUT2D eigenvalue weighted by Crippen LogP contribution is -2.30. The van der Waals surface area contributed by atoms with Crippen molar-refractivity contribution in [3.05, 3.63) is 28.1 Å². The summed E-state index contributed by atoms with van der Waals surface area (Å²) in [7, 11) is 1.19. The number of nitrogens with one attached hydrogen (secondary N) is 2. The smallest absolute Gasteiger partial charge is 0.325 e. The predicted molar refractivity (Wildman–Crippen MR) is 51.8 cm³/mol. The highest BCUT2D eigenvalue weighted by atomic mass is 16.6. The predicted octanol–water partition coefficient (Wildman–Crippen LogP) is -0.174. The lowest BCUT2D eigenvalue weighted by Gasteiger charge is -2.00. The highest BCUT2D eigenvalue weighted by Crippen LogP contribution is 2.11. The molecule has 0 atom stereocenters. The van der Waals surface area contributed by atoms with E-state index in [1.54, 1.807) is 0 Å². The SMILES string of the molecule is COC(=O)CNC(=O)c1cc([N+](=O)[O-])c[nH]1. The van der Waals surface area contributed by atoms with Crippen molar-refractivity contribution in [1.82, 2.24) is 10.3 Å². The van der Waals surface area contributed by atoms with Crippen LogP contribution in [0.25, 0.3) is 0 Å². The fraction of sp³-hybridized carbons (Fsp3) is 0.250. The monoisotopic (exact) mass is 227 g/mol. The number of aromatic nitrogens is 1. The van der Waals surface area contributed by atoms with E-state index < -0.39 is 16.8 Å². The van der Waals surface area contributed by atoms with Crippen LogP contribution in [0.4, 0.5) is 5.69 Å². The second-order valence-corrected chi connectivity index (χ2v) is 2.79. The Bertz CT molecular complexity index is 425. The van der Waals surface area contributed by atoms with Gasteiger partial charge in [0, 0.05) is 6.07 Å². The van der Waals surface area contributed by atoms with Crippen molar-refractivity contribution in [1.29, 1.82) is 0 Å². The Kier molecular flexibility index (Phi) is 3.59. The third-order valence-corrected chi connectivity index (χ3v) is 1.74. The van der Waals surface area contributed by atoms with E-state index >= 15 is 0 Å². The van der Waals surface area contributed by atoms with E-state index in [1.165, 1.54) is 7.11 Å². The molecule has 8 nitrogen and oxygen atoms in total. The van der Waals surface area contributed by atoms with Crippen molar-refractivity contribution in [3.8, 4) is 0 Å². The van der Waals surface area contributed by atoms with Crippen molar-refractivity contribution < 1.29 is 19.2 Å². The van der Waals surface area contributed by atoms with Gasteiger partial charge in [-0.2, -0.15) is 0 Å². The summed E-state index contributed by atoms with van der Waals surface area (Å²) in [5.41, 5.74) is -0.209. The summed E-state index contributed by atoms with van der Waals surface area (Å²) >= 11 is 0. The minimum Gasteiger partial charge on any atom is -0.468 e. The molecule has 16 heavy (non-hydrogen) atoms. The number of methoxy groups -OCH3 is 1. The summed E-state index contributed by atoms with van der Waals surface area (Å²) in [6.45, 7) is -0.290. The molecule has 0 fully saturated rings. The number of carbonyl (C=O) groups excluding carboxylic acids is 2. The summed E-state index contributed by atoms with van der Waals surface area (Å²) in [5, 5.41) is 12.6. The number of nitrogens with zero attached hydrogens (tertiary/aromatic N) is 1. The molecule has 1 amide bonds. The highest BCUT2D eigenvalue weighted by molar-refractivity contribution is 5.94.